The summed E-state index contributed by atoms with van der Waals surface area (Å²) in [5.41, 5.74) is 6.38. The molecule has 0 spiro atoms. The molecular formula is C20H29N3O4. The van der Waals surface area contributed by atoms with Crippen LogP contribution in [0, 0.1) is 11.8 Å². The van der Waals surface area contributed by atoms with Crippen LogP contribution in [-0.4, -0.2) is 49.6 Å². The summed E-state index contributed by atoms with van der Waals surface area (Å²) in [6.07, 6.45) is 1.44. The minimum absolute atomic E-state index is 0.0129. The molecule has 0 bridgehead atoms. The van der Waals surface area contributed by atoms with Gasteiger partial charge in [-0.1, -0.05) is 19.9 Å². The molecule has 0 aromatic heterocycles. The maximum absolute atomic E-state index is 12.6. The minimum atomic E-state index is -0.238. The zero-order valence-corrected chi connectivity index (χ0v) is 16.1. The van der Waals surface area contributed by atoms with Crippen molar-refractivity contribution in [3.05, 3.63) is 23.8 Å². The van der Waals surface area contributed by atoms with Crippen molar-refractivity contribution in [1.29, 1.82) is 0 Å². The number of ether oxygens (including phenoxy) is 2. The lowest BCUT2D eigenvalue weighted by molar-refractivity contribution is -0.124. The molecule has 7 heteroatoms. The molecule has 1 fully saturated rings. The van der Waals surface area contributed by atoms with E-state index in [1.54, 1.807) is 0 Å². The van der Waals surface area contributed by atoms with E-state index in [-0.39, 0.29) is 29.7 Å². The number of nitrogens with one attached hydrogen (secondary N) is 1. The topological polar surface area (TPSA) is 93.9 Å². The van der Waals surface area contributed by atoms with Crippen LogP contribution in [0.2, 0.25) is 0 Å². The molecule has 0 unspecified atom stereocenters. The van der Waals surface area contributed by atoms with Crippen molar-refractivity contribution in [2.24, 2.45) is 17.6 Å². The van der Waals surface area contributed by atoms with Gasteiger partial charge in [0, 0.05) is 5.92 Å². The van der Waals surface area contributed by atoms with Crippen molar-refractivity contribution in [3.8, 4) is 11.5 Å². The number of rotatable bonds is 6. The second-order valence-electron chi connectivity index (χ2n) is 7.65. The molecule has 1 atom stereocenters. The van der Waals surface area contributed by atoms with Gasteiger partial charge in [-0.3, -0.25) is 14.5 Å². The minimum Gasteiger partial charge on any atom is -0.486 e. The molecule has 27 heavy (non-hydrogen) atoms. The van der Waals surface area contributed by atoms with E-state index >= 15 is 0 Å². The zero-order valence-electron chi connectivity index (χ0n) is 16.1. The number of nitrogens with zero attached hydrogens (tertiary/aromatic N) is 1. The third kappa shape index (κ3) is 4.91. The standard InChI is InChI=1S/C20H29N3O4/c1-13(2)19(15-3-4-16-17(11-15)27-10-9-26-16)22-18(24)12-23-7-5-14(6-8-23)20(21)25/h3-4,11,13-14,19H,5-10,12H2,1-2H3,(H2,21,25)(H,22,24)/t19-/m1/s1. The highest BCUT2D eigenvalue weighted by Gasteiger charge is 2.26. The lowest BCUT2D eigenvalue weighted by Gasteiger charge is -2.31. The van der Waals surface area contributed by atoms with Crippen molar-refractivity contribution >= 4 is 11.8 Å². The predicted molar refractivity (Wildman–Crippen MR) is 102 cm³/mol. The van der Waals surface area contributed by atoms with Gasteiger partial charge in [0.05, 0.1) is 12.6 Å². The molecule has 0 saturated carbocycles. The van der Waals surface area contributed by atoms with Crippen LogP contribution in [0.5, 0.6) is 11.5 Å². The highest BCUT2D eigenvalue weighted by Crippen LogP contribution is 2.34. The average molecular weight is 375 g/mol. The number of piperidine rings is 1. The van der Waals surface area contributed by atoms with Gasteiger partial charge in [0.1, 0.15) is 13.2 Å². The Kier molecular flexibility index (Phi) is 6.21. The number of carbonyl (C=O) groups is 2. The second kappa shape index (κ2) is 8.61. The molecule has 1 aromatic carbocycles. The van der Waals surface area contributed by atoms with E-state index < -0.39 is 0 Å². The second-order valence-corrected chi connectivity index (χ2v) is 7.65. The summed E-state index contributed by atoms with van der Waals surface area (Å²) in [5, 5.41) is 3.15. The molecule has 3 N–H and O–H groups in total. The summed E-state index contributed by atoms with van der Waals surface area (Å²) in [6.45, 7) is 7.04. The molecule has 7 nitrogen and oxygen atoms in total. The molecule has 2 aliphatic rings. The first-order chi connectivity index (χ1) is 12.9. The van der Waals surface area contributed by atoms with Crippen LogP contribution < -0.4 is 20.5 Å². The molecule has 1 saturated heterocycles. The van der Waals surface area contributed by atoms with Gasteiger partial charge < -0.3 is 20.5 Å². The monoisotopic (exact) mass is 375 g/mol. The molecular weight excluding hydrogens is 346 g/mol. The van der Waals surface area contributed by atoms with E-state index in [4.69, 9.17) is 15.2 Å². The van der Waals surface area contributed by atoms with Gasteiger partial charge in [0.15, 0.2) is 11.5 Å². The smallest absolute Gasteiger partial charge is 0.234 e. The van der Waals surface area contributed by atoms with Gasteiger partial charge in [-0.25, -0.2) is 0 Å². The number of nitrogens with two attached hydrogens (primary N) is 1. The van der Waals surface area contributed by atoms with Gasteiger partial charge in [-0.2, -0.15) is 0 Å². The van der Waals surface area contributed by atoms with Gasteiger partial charge in [0.25, 0.3) is 0 Å². The maximum atomic E-state index is 12.6. The highest BCUT2D eigenvalue weighted by molar-refractivity contribution is 5.79. The number of carbonyl (C=O) groups excluding carboxylic acids is 2. The first-order valence-corrected chi connectivity index (χ1v) is 9.64. The van der Waals surface area contributed by atoms with Gasteiger partial charge >= 0.3 is 0 Å². The summed E-state index contributed by atoms with van der Waals surface area (Å²) in [7, 11) is 0. The van der Waals surface area contributed by atoms with Crippen molar-refractivity contribution in [2.75, 3.05) is 32.8 Å². The normalized spacial score (nSPS) is 18.9. The largest absolute Gasteiger partial charge is 0.486 e. The van der Waals surface area contributed by atoms with Gasteiger partial charge in [0.2, 0.25) is 11.8 Å². The quantitative estimate of drug-likeness (QED) is 0.785. The summed E-state index contributed by atoms with van der Waals surface area (Å²) in [4.78, 5) is 26.0. The fourth-order valence-electron chi connectivity index (χ4n) is 3.69. The van der Waals surface area contributed by atoms with Crippen molar-refractivity contribution in [2.45, 2.75) is 32.7 Å². The third-order valence-corrected chi connectivity index (χ3v) is 5.27. The molecule has 3 rings (SSSR count). The number of hydrogen-bond acceptors (Lipinski definition) is 5. The van der Waals surface area contributed by atoms with E-state index in [0.717, 1.165) is 43.0 Å². The lowest BCUT2D eigenvalue weighted by atomic mass is 9.95. The Hall–Kier alpha value is -2.28. The van der Waals surface area contributed by atoms with E-state index in [9.17, 15) is 9.59 Å². The van der Waals surface area contributed by atoms with Crippen molar-refractivity contribution in [1.82, 2.24) is 10.2 Å². The summed E-state index contributed by atoms with van der Waals surface area (Å²) < 4.78 is 11.2. The summed E-state index contributed by atoms with van der Waals surface area (Å²) in [6, 6.07) is 5.74. The molecule has 2 heterocycles. The number of primary amides is 1. The SMILES string of the molecule is CC(C)[C@@H](NC(=O)CN1CCC(C(N)=O)CC1)c1ccc2c(c1)OCCO2. The zero-order chi connectivity index (χ0) is 19.4. The Labute approximate surface area is 160 Å². The van der Waals surface area contributed by atoms with Crippen LogP contribution in [0.25, 0.3) is 0 Å². The molecule has 0 radical (unpaired) electrons. The van der Waals surface area contributed by atoms with Crippen molar-refractivity contribution in [3.63, 3.8) is 0 Å². The van der Waals surface area contributed by atoms with Crippen molar-refractivity contribution < 1.29 is 19.1 Å². The molecule has 2 amide bonds. The fraction of sp³-hybridized carbons (Fsp3) is 0.600. The molecule has 0 aliphatic carbocycles. The number of hydrogen-bond donors (Lipinski definition) is 2. The highest BCUT2D eigenvalue weighted by atomic mass is 16.6. The Morgan fingerprint density at radius 1 is 1.19 bits per heavy atom. The molecule has 1 aromatic rings. The van der Waals surface area contributed by atoms with Gasteiger partial charge in [-0.15, -0.1) is 0 Å². The van der Waals surface area contributed by atoms with E-state index in [2.05, 4.69) is 24.1 Å². The van der Waals surface area contributed by atoms with Crippen LogP contribution in [0.3, 0.4) is 0 Å². The Bertz CT molecular complexity index is 684. The molecule has 2 aliphatic heterocycles. The van der Waals surface area contributed by atoms with Crippen LogP contribution in [-0.2, 0) is 9.59 Å². The first kappa shape index (κ1) is 19.5. The first-order valence-electron chi connectivity index (χ1n) is 9.64. The van der Waals surface area contributed by atoms with E-state index in [1.165, 1.54) is 0 Å². The van der Waals surface area contributed by atoms with Crippen LogP contribution in [0.15, 0.2) is 18.2 Å². The Balaban J connectivity index is 1.60. The van der Waals surface area contributed by atoms with E-state index in [1.807, 2.05) is 18.2 Å². The lowest BCUT2D eigenvalue weighted by Crippen LogP contribution is -2.44. The Morgan fingerprint density at radius 2 is 1.85 bits per heavy atom. The summed E-state index contributed by atoms with van der Waals surface area (Å²) in [5.74, 6) is 1.39. The number of fused-ring (bicyclic) bond motifs is 1. The van der Waals surface area contributed by atoms with Crippen LogP contribution >= 0.6 is 0 Å². The Morgan fingerprint density at radius 3 is 2.48 bits per heavy atom. The number of likely N-dealkylation sites (tertiary alicyclic amines) is 1. The van der Waals surface area contributed by atoms with Crippen LogP contribution in [0.1, 0.15) is 38.3 Å². The predicted octanol–water partition coefficient (Wildman–Crippen LogP) is 1.47. The average Bonchev–Trinajstić information content (AvgIpc) is 2.66. The maximum Gasteiger partial charge on any atom is 0.234 e. The number of amides is 2. The van der Waals surface area contributed by atoms with E-state index in [0.29, 0.717) is 19.8 Å². The van der Waals surface area contributed by atoms with Crippen LogP contribution in [0.4, 0.5) is 0 Å². The summed E-state index contributed by atoms with van der Waals surface area (Å²) >= 11 is 0. The fourth-order valence-corrected chi connectivity index (χ4v) is 3.69. The van der Waals surface area contributed by atoms with Gasteiger partial charge in [-0.05, 0) is 49.5 Å². The third-order valence-electron chi connectivity index (χ3n) is 5.27. The number of benzene rings is 1. The molecule has 148 valence electrons.